The molecule has 0 aliphatic carbocycles. The van der Waals surface area contributed by atoms with Gasteiger partial charge in [-0.15, -0.1) is 0 Å². The lowest BCUT2D eigenvalue weighted by Gasteiger charge is -2.35. The molecule has 1 saturated heterocycles. The number of para-hydroxylation sites is 3. The average molecular weight is 395 g/mol. The van der Waals surface area contributed by atoms with Gasteiger partial charge < -0.3 is 19.0 Å². The van der Waals surface area contributed by atoms with E-state index < -0.39 is 0 Å². The summed E-state index contributed by atoms with van der Waals surface area (Å²) in [5, 5.41) is 12.2. The van der Waals surface area contributed by atoms with Crippen LogP contribution in [0.3, 0.4) is 0 Å². The van der Waals surface area contributed by atoms with Gasteiger partial charge in [0.1, 0.15) is 11.3 Å². The summed E-state index contributed by atoms with van der Waals surface area (Å²) in [5.41, 5.74) is 2.05. The highest BCUT2D eigenvalue weighted by molar-refractivity contribution is 5.99. The lowest BCUT2D eigenvalue weighted by Crippen LogP contribution is -2.49. The van der Waals surface area contributed by atoms with Crippen molar-refractivity contribution in [3.05, 3.63) is 70.0 Å². The zero-order valence-electron chi connectivity index (χ0n) is 16.0. The molecule has 0 radical (unpaired) electrons. The molecule has 4 rings (SSSR count). The summed E-state index contributed by atoms with van der Waals surface area (Å²) in [5.74, 6) is 0.114. The third kappa shape index (κ3) is 3.54. The molecule has 150 valence electrons. The normalized spacial score (nSPS) is 14.4. The molecule has 2 heterocycles. The number of hydrogen-bond acceptors (Lipinski definition) is 6. The molecular formula is C21H21N3O5. The first-order valence-corrected chi connectivity index (χ1v) is 9.37. The number of nitrogens with zero attached hydrogens (tertiary/aromatic N) is 3. The molecule has 29 heavy (non-hydrogen) atoms. The minimum atomic E-state index is -0.377. The highest BCUT2D eigenvalue weighted by Crippen LogP contribution is 2.30. The fourth-order valence-electron chi connectivity index (χ4n) is 3.74. The summed E-state index contributed by atoms with van der Waals surface area (Å²) in [4.78, 5) is 27.7. The molecule has 3 aromatic rings. The van der Waals surface area contributed by atoms with E-state index in [1.54, 1.807) is 30.2 Å². The molecule has 8 nitrogen and oxygen atoms in total. The molecule has 1 aromatic heterocycles. The van der Waals surface area contributed by atoms with Crippen molar-refractivity contribution in [2.75, 3.05) is 38.2 Å². The van der Waals surface area contributed by atoms with Crippen LogP contribution in [0, 0.1) is 10.1 Å². The van der Waals surface area contributed by atoms with Crippen LogP contribution in [-0.2, 0) is 11.3 Å². The Hall–Kier alpha value is -3.39. The Morgan fingerprint density at radius 2 is 1.79 bits per heavy atom. The Bertz CT molecular complexity index is 1050. The molecule has 0 N–H and O–H groups in total. The second-order valence-electron chi connectivity index (χ2n) is 6.86. The van der Waals surface area contributed by atoms with Crippen LogP contribution in [-0.4, -0.2) is 49.0 Å². The van der Waals surface area contributed by atoms with Crippen LogP contribution in [0.25, 0.3) is 11.0 Å². The molecule has 0 spiro atoms. The van der Waals surface area contributed by atoms with Gasteiger partial charge in [-0.1, -0.05) is 30.3 Å². The third-order valence-corrected chi connectivity index (χ3v) is 5.17. The van der Waals surface area contributed by atoms with Gasteiger partial charge >= 0.3 is 0 Å². The van der Waals surface area contributed by atoms with E-state index in [4.69, 9.17) is 9.15 Å². The molecule has 1 fully saturated rings. The number of anilines is 1. The second kappa shape index (κ2) is 7.92. The predicted octanol–water partition coefficient (Wildman–Crippen LogP) is 3.45. The van der Waals surface area contributed by atoms with E-state index in [9.17, 15) is 14.9 Å². The average Bonchev–Trinajstić information content (AvgIpc) is 3.12. The van der Waals surface area contributed by atoms with E-state index in [2.05, 4.69) is 0 Å². The Morgan fingerprint density at radius 3 is 2.52 bits per heavy atom. The van der Waals surface area contributed by atoms with E-state index in [1.807, 2.05) is 29.2 Å². The quantitative estimate of drug-likeness (QED) is 0.486. The predicted molar refractivity (Wildman–Crippen MR) is 108 cm³/mol. The molecule has 0 unspecified atom stereocenters. The van der Waals surface area contributed by atoms with Crippen LogP contribution in [0.4, 0.5) is 11.4 Å². The lowest BCUT2D eigenvalue weighted by atomic mass is 10.1. The van der Waals surface area contributed by atoms with Crippen molar-refractivity contribution in [2.24, 2.45) is 0 Å². The number of nitro groups is 1. The second-order valence-corrected chi connectivity index (χ2v) is 6.86. The fourth-order valence-corrected chi connectivity index (χ4v) is 3.74. The van der Waals surface area contributed by atoms with E-state index in [0.717, 1.165) is 10.9 Å². The van der Waals surface area contributed by atoms with Gasteiger partial charge in [0, 0.05) is 50.3 Å². The van der Waals surface area contributed by atoms with Crippen molar-refractivity contribution in [1.29, 1.82) is 0 Å². The molecule has 2 aromatic carbocycles. The van der Waals surface area contributed by atoms with Crippen molar-refractivity contribution in [1.82, 2.24) is 4.90 Å². The zero-order chi connectivity index (χ0) is 20.4. The van der Waals surface area contributed by atoms with E-state index >= 15 is 0 Å². The number of benzene rings is 2. The fraction of sp³-hybridized carbons (Fsp3) is 0.286. The standard InChI is InChI=1S/C21H21N3O5/c1-28-14-16-15-6-2-5-9-19(15)29-20(16)21(25)23-12-10-22(11-13-23)17-7-3-4-8-18(17)24(26)27/h2-9H,10-14H2,1H3. The first-order chi connectivity index (χ1) is 14.1. The molecule has 1 aliphatic rings. The van der Waals surface area contributed by atoms with Crippen LogP contribution < -0.4 is 4.90 Å². The number of amides is 1. The van der Waals surface area contributed by atoms with E-state index in [-0.39, 0.29) is 23.1 Å². The molecule has 1 aliphatic heterocycles. The lowest BCUT2D eigenvalue weighted by molar-refractivity contribution is -0.384. The van der Waals surface area contributed by atoms with Gasteiger partial charge in [0.25, 0.3) is 11.6 Å². The van der Waals surface area contributed by atoms with Crippen molar-refractivity contribution in [3.63, 3.8) is 0 Å². The van der Waals surface area contributed by atoms with Gasteiger partial charge in [-0.05, 0) is 12.1 Å². The molecule has 0 bridgehead atoms. The number of methoxy groups -OCH3 is 1. The number of rotatable bonds is 5. The molecular weight excluding hydrogens is 374 g/mol. The summed E-state index contributed by atoms with van der Waals surface area (Å²) in [6, 6.07) is 14.2. The first kappa shape index (κ1) is 18.9. The minimum Gasteiger partial charge on any atom is -0.451 e. The van der Waals surface area contributed by atoms with Gasteiger partial charge in [-0.3, -0.25) is 14.9 Å². The number of ether oxygens (including phenoxy) is 1. The van der Waals surface area contributed by atoms with E-state index in [1.165, 1.54) is 6.07 Å². The van der Waals surface area contributed by atoms with Crippen LogP contribution in [0.1, 0.15) is 16.1 Å². The summed E-state index contributed by atoms with van der Waals surface area (Å²) in [6.07, 6.45) is 0. The Morgan fingerprint density at radius 1 is 1.10 bits per heavy atom. The summed E-state index contributed by atoms with van der Waals surface area (Å²) < 4.78 is 11.1. The highest BCUT2D eigenvalue weighted by atomic mass is 16.6. The van der Waals surface area contributed by atoms with Gasteiger partial charge in [0.05, 0.1) is 11.5 Å². The summed E-state index contributed by atoms with van der Waals surface area (Å²) in [6.45, 7) is 2.21. The summed E-state index contributed by atoms with van der Waals surface area (Å²) in [7, 11) is 1.58. The number of nitro benzene ring substituents is 1. The van der Waals surface area contributed by atoms with Gasteiger partial charge in [-0.25, -0.2) is 0 Å². The zero-order valence-corrected chi connectivity index (χ0v) is 16.0. The van der Waals surface area contributed by atoms with Crippen LogP contribution >= 0.6 is 0 Å². The molecule has 0 atom stereocenters. The van der Waals surface area contributed by atoms with Crippen LogP contribution in [0.2, 0.25) is 0 Å². The number of fused-ring (bicyclic) bond motifs is 1. The Kier molecular flexibility index (Phi) is 5.18. The Balaban J connectivity index is 1.54. The first-order valence-electron chi connectivity index (χ1n) is 9.37. The smallest absolute Gasteiger partial charge is 0.292 e. The molecule has 0 saturated carbocycles. The van der Waals surface area contributed by atoms with Crippen molar-refractivity contribution < 1.29 is 18.9 Å². The largest absolute Gasteiger partial charge is 0.451 e. The van der Waals surface area contributed by atoms with Gasteiger partial charge in [-0.2, -0.15) is 0 Å². The maximum absolute atomic E-state index is 13.1. The Labute approximate surface area is 167 Å². The number of hydrogen-bond donors (Lipinski definition) is 0. The number of carbonyl (C=O) groups excluding carboxylic acids is 1. The molecule has 8 heteroatoms. The summed E-state index contributed by atoms with van der Waals surface area (Å²) >= 11 is 0. The van der Waals surface area contributed by atoms with Crippen molar-refractivity contribution >= 4 is 28.3 Å². The van der Waals surface area contributed by atoms with Crippen LogP contribution in [0.5, 0.6) is 0 Å². The highest BCUT2D eigenvalue weighted by Gasteiger charge is 2.29. The maximum atomic E-state index is 13.1. The minimum absolute atomic E-state index is 0.0759. The number of piperazine rings is 1. The SMILES string of the molecule is COCc1c(C(=O)N2CCN(c3ccccc3[N+](=O)[O-])CC2)oc2ccccc12. The number of carbonyl (C=O) groups is 1. The van der Waals surface area contributed by atoms with E-state index in [0.29, 0.717) is 43.2 Å². The van der Waals surface area contributed by atoms with Gasteiger partial charge in [0.15, 0.2) is 5.76 Å². The topological polar surface area (TPSA) is 89.1 Å². The number of furan rings is 1. The van der Waals surface area contributed by atoms with Crippen molar-refractivity contribution in [2.45, 2.75) is 6.61 Å². The third-order valence-electron chi connectivity index (χ3n) is 5.17. The van der Waals surface area contributed by atoms with Crippen molar-refractivity contribution in [3.8, 4) is 0 Å². The van der Waals surface area contributed by atoms with Crippen LogP contribution in [0.15, 0.2) is 52.9 Å². The van der Waals surface area contributed by atoms with Gasteiger partial charge in [0.2, 0.25) is 0 Å². The molecule has 1 amide bonds. The monoisotopic (exact) mass is 395 g/mol. The maximum Gasteiger partial charge on any atom is 0.292 e.